The van der Waals surface area contributed by atoms with Crippen LogP contribution in [0, 0.1) is 0 Å². The molecule has 2 heterocycles. The number of H-pyrrole nitrogens is 1. The molecule has 0 aromatic carbocycles. The lowest BCUT2D eigenvalue weighted by molar-refractivity contribution is 0.777. The van der Waals surface area contributed by atoms with E-state index in [-0.39, 0.29) is 11.6 Å². The van der Waals surface area contributed by atoms with Crippen molar-refractivity contribution in [3.8, 4) is 0 Å². The number of unbranched alkanes of at least 4 members (excludes halogenated alkanes) is 2. The standard InChI is InChI=1S/C13H20N4OS2/c1-4-5-6-7-19-12-15-10-9(11(18)17-12)20-13(16-10)14-8(2)3/h8H,4-7H2,1-3H3,(H2,14,15,16,17,18). The maximum absolute atomic E-state index is 12.0. The molecule has 0 aliphatic heterocycles. The number of fused-ring (bicyclic) bond motifs is 1. The fraction of sp³-hybridized carbons (Fsp3) is 0.615. The Labute approximate surface area is 126 Å². The molecule has 2 N–H and O–H groups in total. The van der Waals surface area contributed by atoms with Gasteiger partial charge in [-0.3, -0.25) is 4.79 Å². The van der Waals surface area contributed by atoms with Crippen LogP contribution in [0.3, 0.4) is 0 Å². The van der Waals surface area contributed by atoms with Crippen molar-refractivity contribution in [2.75, 3.05) is 11.1 Å². The van der Waals surface area contributed by atoms with E-state index in [1.165, 1.54) is 24.2 Å². The zero-order chi connectivity index (χ0) is 14.5. The molecule has 0 spiro atoms. The van der Waals surface area contributed by atoms with Gasteiger partial charge in [0.15, 0.2) is 15.9 Å². The van der Waals surface area contributed by atoms with E-state index >= 15 is 0 Å². The summed E-state index contributed by atoms with van der Waals surface area (Å²) in [6, 6.07) is 0.289. The van der Waals surface area contributed by atoms with Gasteiger partial charge in [-0.05, 0) is 20.3 Å². The van der Waals surface area contributed by atoms with E-state index in [0.717, 1.165) is 17.3 Å². The van der Waals surface area contributed by atoms with Gasteiger partial charge >= 0.3 is 0 Å². The normalized spacial score (nSPS) is 11.4. The van der Waals surface area contributed by atoms with Crippen LogP contribution in [0.1, 0.15) is 40.0 Å². The first-order chi connectivity index (χ1) is 9.60. The molecule has 0 aliphatic rings. The monoisotopic (exact) mass is 312 g/mol. The SMILES string of the molecule is CCCCCSc1nc2nc(NC(C)C)sc2c(=O)[nH]1. The average molecular weight is 312 g/mol. The molecule has 0 amide bonds. The van der Waals surface area contributed by atoms with Gasteiger partial charge in [-0.25, -0.2) is 4.98 Å². The van der Waals surface area contributed by atoms with Gasteiger partial charge in [-0.2, -0.15) is 4.98 Å². The number of aromatic nitrogens is 3. The molecular weight excluding hydrogens is 292 g/mol. The van der Waals surface area contributed by atoms with E-state index < -0.39 is 0 Å². The van der Waals surface area contributed by atoms with Crippen LogP contribution in [0.15, 0.2) is 9.95 Å². The zero-order valence-corrected chi connectivity index (χ0v) is 13.7. The highest BCUT2D eigenvalue weighted by molar-refractivity contribution is 7.99. The Hall–Kier alpha value is -1.08. The summed E-state index contributed by atoms with van der Waals surface area (Å²) >= 11 is 2.95. The predicted octanol–water partition coefficient (Wildman–Crippen LogP) is 3.48. The molecule has 0 bridgehead atoms. The topological polar surface area (TPSA) is 70.7 Å². The molecule has 0 radical (unpaired) electrons. The first-order valence-electron chi connectivity index (χ1n) is 6.90. The van der Waals surface area contributed by atoms with Gasteiger partial charge in [-0.1, -0.05) is 42.9 Å². The molecule has 0 fully saturated rings. The highest BCUT2D eigenvalue weighted by atomic mass is 32.2. The maximum Gasteiger partial charge on any atom is 0.271 e. The summed E-state index contributed by atoms with van der Waals surface area (Å²) in [5.41, 5.74) is 0.446. The fourth-order valence-corrected chi connectivity index (χ4v) is 3.52. The van der Waals surface area contributed by atoms with Crippen molar-refractivity contribution in [1.29, 1.82) is 0 Å². The Kier molecular flexibility index (Phi) is 5.42. The van der Waals surface area contributed by atoms with Gasteiger partial charge in [0, 0.05) is 11.8 Å². The highest BCUT2D eigenvalue weighted by Crippen LogP contribution is 2.24. The summed E-state index contributed by atoms with van der Waals surface area (Å²) in [6.45, 7) is 6.26. The second kappa shape index (κ2) is 7.08. The molecule has 2 rings (SSSR count). The van der Waals surface area contributed by atoms with Crippen LogP contribution in [0.25, 0.3) is 10.3 Å². The Morgan fingerprint density at radius 1 is 1.35 bits per heavy atom. The highest BCUT2D eigenvalue weighted by Gasteiger charge is 2.11. The molecule has 2 aromatic heterocycles. The molecule has 7 heteroatoms. The summed E-state index contributed by atoms with van der Waals surface area (Å²) in [5, 5.41) is 4.63. The fourth-order valence-electron chi connectivity index (χ4n) is 1.71. The van der Waals surface area contributed by atoms with Crippen molar-refractivity contribution in [2.45, 2.75) is 51.2 Å². The number of hydrogen-bond donors (Lipinski definition) is 2. The molecule has 2 aromatic rings. The minimum Gasteiger partial charge on any atom is -0.359 e. The lowest BCUT2D eigenvalue weighted by Gasteiger charge is -2.03. The largest absolute Gasteiger partial charge is 0.359 e. The van der Waals surface area contributed by atoms with Crippen LogP contribution in [0.4, 0.5) is 5.13 Å². The first kappa shape index (κ1) is 15.3. The van der Waals surface area contributed by atoms with Crippen molar-refractivity contribution in [2.24, 2.45) is 0 Å². The number of anilines is 1. The first-order valence-corrected chi connectivity index (χ1v) is 8.70. The Bertz CT molecular complexity index is 620. The van der Waals surface area contributed by atoms with E-state index in [0.29, 0.717) is 15.5 Å². The molecule has 0 aliphatic carbocycles. The van der Waals surface area contributed by atoms with Gasteiger partial charge in [0.25, 0.3) is 5.56 Å². The number of hydrogen-bond acceptors (Lipinski definition) is 6. The summed E-state index contributed by atoms with van der Waals surface area (Å²) < 4.78 is 0.589. The number of nitrogens with zero attached hydrogens (tertiary/aromatic N) is 2. The van der Waals surface area contributed by atoms with E-state index in [9.17, 15) is 4.79 Å². The van der Waals surface area contributed by atoms with Crippen molar-refractivity contribution in [1.82, 2.24) is 15.0 Å². The minimum absolute atomic E-state index is 0.0951. The maximum atomic E-state index is 12.0. The molecule has 0 unspecified atom stereocenters. The number of aromatic amines is 1. The van der Waals surface area contributed by atoms with Crippen molar-refractivity contribution < 1.29 is 0 Å². The summed E-state index contributed by atoms with van der Waals surface area (Å²) in [4.78, 5) is 23.7. The number of nitrogens with one attached hydrogen (secondary N) is 2. The minimum atomic E-state index is -0.0951. The van der Waals surface area contributed by atoms with E-state index in [4.69, 9.17) is 0 Å². The molecule has 0 saturated carbocycles. The molecule has 0 atom stereocenters. The smallest absolute Gasteiger partial charge is 0.271 e. The van der Waals surface area contributed by atoms with Gasteiger partial charge < -0.3 is 10.3 Å². The molecule has 110 valence electrons. The summed E-state index contributed by atoms with van der Waals surface area (Å²) in [6.07, 6.45) is 3.54. The Morgan fingerprint density at radius 3 is 2.85 bits per heavy atom. The lowest BCUT2D eigenvalue weighted by atomic mass is 10.3. The summed E-state index contributed by atoms with van der Waals surface area (Å²) in [7, 11) is 0. The third-order valence-corrected chi connectivity index (χ3v) is 4.58. The van der Waals surface area contributed by atoms with Crippen LogP contribution in [0.5, 0.6) is 0 Å². The molecule has 20 heavy (non-hydrogen) atoms. The second-order valence-electron chi connectivity index (χ2n) is 4.90. The average Bonchev–Trinajstić information content (AvgIpc) is 2.77. The number of thioether (sulfide) groups is 1. The van der Waals surface area contributed by atoms with Crippen LogP contribution >= 0.6 is 23.1 Å². The van der Waals surface area contributed by atoms with Crippen molar-refractivity contribution in [3.05, 3.63) is 10.4 Å². The zero-order valence-electron chi connectivity index (χ0n) is 12.0. The van der Waals surface area contributed by atoms with Gasteiger partial charge in [0.2, 0.25) is 0 Å². The van der Waals surface area contributed by atoms with E-state index in [2.05, 4.69) is 27.2 Å². The Balaban J connectivity index is 2.16. The quantitative estimate of drug-likeness (QED) is 0.465. The van der Waals surface area contributed by atoms with Crippen molar-refractivity contribution in [3.63, 3.8) is 0 Å². The van der Waals surface area contributed by atoms with Crippen molar-refractivity contribution >= 4 is 38.6 Å². The molecular formula is C13H20N4OS2. The third kappa shape index (κ3) is 3.96. The van der Waals surface area contributed by atoms with Crippen LogP contribution < -0.4 is 10.9 Å². The lowest BCUT2D eigenvalue weighted by Crippen LogP contribution is -2.08. The van der Waals surface area contributed by atoms with Gasteiger partial charge in [0.1, 0.15) is 4.70 Å². The van der Waals surface area contributed by atoms with Crippen LogP contribution in [-0.2, 0) is 0 Å². The Morgan fingerprint density at radius 2 is 2.15 bits per heavy atom. The number of rotatable bonds is 7. The van der Waals surface area contributed by atoms with E-state index in [1.807, 2.05) is 13.8 Å². The molecule has 0 saturated heterocycles. The van der Waals surface area contributed by atoms with Crippen LogP contribution in [-0.4, -0.2) is 26.7 Å². The third-order valence-electron chi connectivity index (χ3n) is 2.64. The van der Waals surface area contributed by atoms with Gasteiger partial charge in [-0.15, -0.1) is 0 Å². The van der Waals surface area contributed by atoms with Crippen LogP contribution in [0.2, 0.25) is 0 Å². The van der Waals surface area contributed by atoms with Gasteiger partial charge in [0.05, 0.1) is 0 Å². The summed E-state index contributed by atoms with van der Waals surface area (Å²) in [5.74, 6) is 0.976. The second-order valence-corrected chi connectivity index (χ2v) is 6.98. The predicted molar refractivity (Wildman–Crippen MR) is 87.0 cm³/mol. The number of thiazole rings is 1. The molecule has 5 nitrogen and oxygen atoms in total. The van der Waals surface area contributed by atoms with E-state index in [1.54, 1.807) is 11.8 Å².